The van der Waals surface area contributed by atoms with Gasteiger partial charge < -0.3 is 18.9 Å². The highest BCUT2D eigenvalue weighted by molar-refractivity contribution is 8.76. The van der Waals surface area contributed by atoms with Crippen molar-refractivity contribution in [3.63, 3.8) is 0 Å². The Kier molecular flexibility index (Phi) is 14.6. The molecule has 0 aliphatic heterocycles. The van der Waals surface area contributed by atoms with Gasteiger partial charge in [0.15, 0.2) is 0 Å². The summed E-state index contributed by atoms with van der Waals surface area (Å²) in [6.07, 6.45) is 1.49. The zero-order chi connectivity index (χ0) is 26.3. The van der Waals surface area contributed by atoms with Gasteiger partial charge in [0.25, 0.3) is 0 Å². The van der Waals surface area contributed by atoms with Crippen molar-refractivity contribution in [3.05, 3.63) is 57.1 Å². The minimum atomic E-state index is -0.338. The average molecular weight is 557 g/mol. The van der Waals surface area contributed by atoms with E-state index in [-0.39, 0.29) is 17.9 Å². The lowest BCUT2D eigenvalue weighted by molar-refractivity contribution is -0.143. The first-order valence-electron chi connectivity index (χ1n) is 12.2. The zero-order valence-corrected chi connectivity index (χ0v) is 24.0. The molecule has 0 aromatic heterocycles. The Balaban J connectivity index is 1.92. The molecule has 0 N–H and O–H groups in total. The number of benzene rings is 1. The predicted molar refractivity (Wildman–Crippen MR) is 149 cm³/mol. The predicted octanol–water partition coefficient (Wildman–Crippen LogP) is 6.39. The fourth-order valence-corrected chi connectivity index (χ4v) is 5.91. The summed E-state index contributed by atoms with van der Waals surface area (Å²) < 4.78 is 21.6. The molecule has 9 heteroatoms. The summed E-state index contributed by atoms with van der Waals surface area (Å²) in [5.74, 6) is 0.827. The molecule has 0 fully saturated rings. The van der Waals surface area contributed by atoms with Crippen molar-refractivity contribution in [2.24, 2.45) is 0 Å². The monoisotopic (exact) mass is 556 g/mol. The Bertz CT molecular complexity index is 931. The summed E-state index contributed by atoms with van der Waals surface area (Å²) >= 11 is 6.53. The highest BCUT2D eigenvalue weighted by atomic mass is 35.5. The summed E-state index contributed by atoms with van der Waals surface area (Å²) in [5, 5.41) is 0.615. The third-order valence-corrected chi connectivity index (χ3v) is 8.47. The molecule has 200 valence electrons. The Morgan fingerprint density at radius 1 is 1.06 bits per heavy atom. The molecule has 1 aliphatic rings. The molecule has 6 nitrogen and oxygen atoms in total. The van der Waals surface area contributed by atoms with Crippen molar-refractivity contribution in [1.29, 1.82) is 0 Å². The van der Waals surface area contributed by atoms with Crippen LogP contribution in [0.2, 0.25) is 5.02 Å². The molecular formula is C27H37ClO6S2. The third-order valence-electron chi connectivity index (χ3n) is 5.80. The molecule has 36 heavy (non-hydrogen) atoms. The highest BCUT2D eigenvalue weighted by Crippen LogP contribution is 2.44. The van der Waals surface area contributed by atoms with E-state index in [1.54, 1.807) is 35.6 Å². The van der Waals surface area contributed by atoms with Crippen LogP contribution in [-0.2, 0) is 28.5 Å². The van der Waals surface area contributed by atoms with E-state index in [0.717, 1.165) is 28.2 Å². The van der Waals surface area contributed by atoms with Gasteiger partial charge in [-0.2, -0.15) is 0 Å². The maximum atomic E-state index is 13.1. The second kappa shape index (κ2) is 17.1. The largest absolute Gasteiger partial charge is 0.465 e. The van der Waals surface area contributed by atoms with Crippen LogP contribution in [0.5, 0.6) is 0 Å². The molecule has 1 aromatic carbocycles. The number of esters is 2. The summed E-state index contributed by atoms with van der Waals surface area (Å²) in [6.45, 7) is 8.02. The van der Waals surface area contributed by atoms with Gasteiger partial charge in [-0.1, -0.05) is 62.5 Å². The Morgan fingerprint density at radius 3 is 2.47 bits per heavy atom. The molecule has 0 radical (unpaired) electrons. The van der Waals surface area contributed by atoms with Crippen LogP contribution in [0.15, 0.2) is 46.6 Å². The van der Waals surface area contributed by atoms with E-state index in [4.69, 9.17) is 30.5 Å². The SMILES string of the molecule is CCOC(=O)C1=C(COCCCC(=O)OCCSSCCOC)CC(C)=C(C)C1c1ccccc1Cl. The topological polar surface area (TPSA) is 71.1 Å². The van der Waals surface area contributed by atoms with Crippen molar-refractivity contribution >= 4 is 45.1 Å². The number of hydrogen-bond donors (Lipinski definition) is 0. The second-order valence-corrected chi connectivity index (χ2v) is 11.5. The fourth-order valence-electron chi connectivity index (χ4n) is 3.93. The van der Waals surface area contributed by atoms with Crippen LogP contribution in [-0.4, -0.2) is 63.6 Å². The van der Waals surface area contributed by atoms with Crippen molar-refractivity contribution < 1.29 is 28.5 Å². The van der Waals surface area contributed by atoms with Crippen LogP contribution in [0.3, 0.4) is 0 Å². The number of hydrogen-bond acceptors (Lipinski definition) is 8. The maximum absolute atomic E-state index is 13.1. The van der Waals surface area contributed by atoms with Crippen LogP contribution in [0.4, 0.5) is 0 Å². The smallest absolute Gasteiger partial charge is 0.335 e. The molecule has 1 unspecified atom stereocenters. The summed E-state index contributed by atoms with van der Waals surface area (Å²) in [4.78, 5) is 25.0. The molecule has 0 bridgehead atoms. The van der Waals surface area contributed by atoms with Gasteiger partial charge in [0.05, 0.1) is 25.4 Å². The number of carbonyl (C=O) groups is 2. The molecule has 0 heterocycles. The molecule has 0 amide bonds. The lowest BCUT2D eigenvalue weighted by Gasteiger charge is -2.31. The molecule has 1 atom stereocenters. The number of allylic oxidation sites excluding steroid dienone is 2. The van der Waals surface area contributed by atoms with Crippen molar-refractivity contribution in [2.75, 3.05) is 51.6 Å². The first-order chi connectivity index (χ1) is 17.4. The van der Waals surface area contributed by atoms with Crippen LogP contribution in [0.1, 0.15) is 51.5 Å². The molecule has 0 saturated heterocycles. The van der Waals surface area contributed by atoms with Crippen molar-refractivity contribution in [3.8, 4) is 0 Å². The Morgan fingerprint density at radius 2 is 1.78 bits per heavy atom. The molecular weight excluding hydrogens is 520 g/mol. The molecule has 0 spiro atoms. The van der Waals surface area contributed by atoms with Gasteiger partial charge in [0.1, 0.15) is 6.61 Å². The minimum Gasteiger partial charge on any atom is -0.465 e. The highest BCUT2D eigenvalue weighted by Gasteiger charge is 2.34. The van der Waals surface area contributed by atoms with Gasteiger partial charge in [-0.05, 0) is 50.8 Å². The normalized spacial score (nSPS) is 15.9. The first kappa shape index (κ1) is 30.8. The number of carbonyl (C=O) groups excluding carboxylic acids is 2. The van der Waals surface area contributed by atoms with E-state index >= 15 is 0 Å². The summed E-state index contributed by atoms with van der Waals surface area (Å²) in [5.41, 5.74) is 4.68. The van der Waals surface area contributed by atoms with Crippen LogP contribution < -0.4 is 0 Å². The van der Waals surface area contributed by atoms with E-state index in [1.807, 2.05) is 31.2 Å². The molecule has 1 aliphatic carbocycles. The van der Waals surface area contributed by atoms with E-state index < -0.39 is 0 Å². The van der Waals surface area contributed by atoms with E-state index in [2.05, 4.69) is 6.92 Å². The Labute approximate surface area is 227 Å². The summed E-state index contributed by atoms with van der Waals surface area (Å²) in [6, 6.07) is 7.60. The number of rotatable bonds is 16. The van der Waals surface area contributed by atoms with Crippen molar-refractivity contribution in [1.82, 2.24) is 0 Å². The van der Waals surface area contributed by atoms with Gasteiger partial charge in [-0.25, -0.2) is 4.79 Å². The number of ether oxygens (including phenoxy) is 4. The standard InChI is InChI=1S/C27H37ClO6S2/c1-5-33-27(30)26-21(17-19(2)20(3)25(26)22-9-6-7-10-23(22)28)18-32-12-8-11-24(29)34-14-16-36-35-15-13-31-4/h6-7,9-10,25H,5,8,11-18H2,1-4H3. The minimum absolute atomic E-state index is 0.224. The average Bonchev–Trinajstić information content (AvgIpc) is 2.85. The third kappa shape index (κ3) is 9.78. The summed E-state index contributed by atoms with van der Waals surface area (Å²) in [7, 11) is 5.05. The quantitative estimate of drug-likeness (QED) is 0.100. The lowest BCUT2D eigenvalue weighted by atomic mass is 9.75. The van der Waals surface area contributed by atoms with Gasteiger partial charge in [-0.15, -0.1) is 0 Å². The number of halogens is 1. The van der Waals surface area contributed by atoms with Crippen molar-refractivity contribution in [2.45, 2.75) is 46.0 Å². The van der Waals surface area contributed by atoms with Crippen LogP contribution in [0, 0.1) is 0 Å². The maximum Gasteiger partial charge on any atom is 0.335 e. The number of methoxy groups -OCH3 is 1. The van der Waals surface area contributed by atoms with Gasteiger partial charge in [0, 0.05) is 42.6 Å². The Hall–Kier alpha value is -1.45. The fraction of sp³-hybridized carbons (Fsp3) is 0.556. The lowest BCUT2D eigenvalue weighted by Crippen LogP contribution is -2.24. The van der Waals surface area contributed by atoms with Gasteiger partial charge in [-0.3, -0.25) is 4.79 Å². The van der Waals surface area contributed by atoms with Crippen LogP contribution in [0.25, 0.3) is 0 Å². The molecule has 0 saturated carbocycles. The molecule has 2 rings (SSSR count). The van der Waals surface area contributed by atoms with Gasteiger partial charge in [0.2, 0.25) is 0 Å². The second-order valence-electron chi connectivity index (χ2n) is 8.35. The van der Waals surface area contributed by atoms with Gasteiger partial charge >= 0.3 is 11.9 Å². The van der Waals surface area contributed by atoms with Crippen LogP contribution >= 0.6 is 33.2 Å². The molecule has 1 aromatic rings. The first-order valence-corrected chi connectivity index (χ1v) is 15.0. The van der Waals surface area contributed by atoms with E-state index in [1.165, 1.54) is 5.57 Å². The van der Waals surface area contributed by atoms with E-state index in [0.29, 0.717) is 62.9 Å². The van der Waals surface area contributed by atoms with E-state index in [9.17, 15) is 9.59 Å². The zero-order valence-electron chi connectivity index (χ0n) is 21.6.